The van der Waals surface area contributed by atoms with Crippen molar-refractivity contribution in [3.8, 4) is 11.4 Å². The number of aromatic nitrogens is 4. The van der Waals surface area contributed by atoms with E-state index in [4.69, 9.17) is 0 Å². The smallest absolute Gasteiger partial charge is 0.243 e. The highest BCUT2D eigenvalue weighted by molar-refractivity contribution is 7.89. The Morgan fingerprint density at radius 2 is 1.90 bits per heavy atom. The number of hydrogen-bond acceptors (Lipinski definition) is 7. The molecule has 11 heteroatoms. The third-order valence-electron chi connectivity index (χ3n) is 4.42. The zero-order valence-corrected chi connectivity index (χ0v) is 17.9. The van der Waals surface area contributed by atoms with Crippen LogP contribution in [0.1, 0.15) is 5.56 Å². The first-order valence-corrected chi connectivity index (χ1v) is 10.5. The molecular formula is C19H23N7O3S. The molecule has 0 aliphatic carbocycles. The van der Waals surface area contributed by atoms with Crippen LogP contribution in [0.25, 0.3) is 11.4 Å². The zero-order chi connectivity index (χ0) is 21.9. The molecule has 0 saturated carbocycles. The average Bonchev–Trinajstić information content (AvgIpc) is 3.14. The predicted octanol–water partition coefficient (Wildman–Crippen LogP) is 1.49. The fourth-order valence-corrected chi connectivity index (χ4v) is 3.93. The van der Waals surface area contributed by atoms with Crippen LogP contribution in [0, 0.1) is 6.92 Å². The van der Waals surface area contributed by atoms with Crippen LogP contribution in [0.15, 0.2) is 47.4 Å². The van der Waals surface area contributed by atoms with Crippen molar-refractivity contribution < 1.29 is 13.2 Å². The van der Waals surface area contributed by atoms with Gasteiger partial charge in [-0.05, 0) is 47.2 Å². The summed E-state index contributed by atoms with van der Waals surface area (Å²) in [6, 6.07) is 12.2. The average molecular weight is 430 g/mol. The maximum atomic E-state index is 12.4. The number of nitrogens with one attached hydrogen (secondary N) is 2. The van der Waals surface area contributed by atoms with E-state index >= 15 is 0 Å². The largest absolute Gasteiger partial charge is 0.376 e. The van der Waals surface area contributed by atoms with Gasteiger partial charge in [-0.15, -0.1) is 5.10 Å². The summed E-state index contributed by atoms with van der Waals surface area (Å²) < 4.78 is 27.6. The van der Waals surface area contributed by atoms with Crippen molar-refractivity contribution in [1.82, 2.24) is 24.5 Å². The summed E-state index contributed by atoms with van der Waals surface area (Å²) >= 11 is 0. The summed E-state index contributed by atoms with van der Waals surface area (Å²) in [4.78, 5) is 12.5. The molecule has 0 fully saturated rings. The van der Waals surface area contributed by atoms with Gasteiger partial charge in [-0.3, -0.25) is 4.79 Å². The van der Waals surface area contributed by atoms with Crippen LogP contribution in [-0.2, 0) is 21.9 Å². The van der Waals surface area contributed by atoms with E-state index in [0.717, 1.165) is 15.6 Å². The normalized spacial score (nSPS) is 11.5. The quantitative estimate of drug-likeness (QED) is 0.583. The van der Waals surface area contributed by atoms with E-state index in [0.29, 0.717) is 17.1 Å². The highest BCUT2D eigenvalue weighted by atomic mass is 32.2. The van der Waals surface area contributed by atoms with E-state index in [1.54, 1.807) is 30.8 Å². The van der Waals surface area contributed by atoms with Gasteiger partial charge in [-0.1, -0.05) is 18.2 Å². The Hall–Kier alpha value is -3.31. The maximum absolute atomic E-state index is 12.4. The van der Waals surface area contributed by atoms with Crippen LogP contribution in [0.4, 0.5) is 11.4 Å². The first kappa shape index (κ1) is 21.4. The lowest BCUT2D eigenvalue weighted by molar-refractivity contribution is -0.114. The third-order valence-corrected chi connectivity index (χ3v) is 6.38. The number of aryl methyl sites for hydroxylation is 2. The number of carbonyl (C=O) groups excluding carboxylic acids is 1. The van der Waals surface area contributed by atoms with Crippen molar-refractivity contribution in [2.45, 2.75) is 11.8 Å². The van der Waals surface area contributed by atoms with Gasteiger partial charge in [0.2, 0.25) is 15.9 Å². The monoisotopic (exact) mass is 429 g/mol. The lowest BCUT2D eigenvalue weighted by Crippen LogP contribution is -2.24. The first-order chi connectivity index (χ1) is 14.2. The highest BCUT2D eigenvalue weighted by Gasteiger charge is 2.20. The van der Waals surface area contributed by atoms with Gasteiger partial charge in [0, 0.05) is 38.1 Å². The van der Waals surface area contributed by atoms with Crippen LogP contribution in [0.5, 0.6) is 0 Å². The van der Waals surface area contributed by atoms with E-state index in [9.17, 15) is 13.2 Å². The molecule has 0 saturated heterocycles. The molecule has 3 aromatic rings. The van der Waals surface area contributed by atoms with Gasteiger partial charge >= 0.3 is 0 Å². The second-order valence-corrected chi connectivity index (χ2v) is 9.00. The first-order valence-electron chi connectivity index (χ1n) is 9.08. The van der Waals surface area contributed by atoms with Gasteiger partial charge in [0.15, 0.2) is 5.82 Å². The van der Waals surface area contributed by atoms with Gasteiger partial charge in [0.05, 0.1) is 11.4 Å². The molecule has 10 nitrogen and oxygen atoms in total. The predicted molar refractivity (Wildman–Crippen MR) is 113 cm³/mol. The molecule has 0 spiro atoms. The number of sulfonamides is 1. The Kier molecular flexibility index (Phi) is 6.13. The Morgan fingerprint density at radius 3 is 2.57 bits per heavy atom. The number of hydrogen-bond donors (Lipinski definition) is 2. The van der Waals surface area contributed by atoms with Crippen molar-refractivity contribution in [3.05, 3.63) is 48.0 Å². The Labute approximate surface area is 175 Å². The molecule has 0 unspecified atom stereocenters. The van der Waals surface area contributed by atoms with Crippen LogP contribution < -0.4 is 10.6 Å². The van der Waals surface area contributed by atoms with Crippen molar-refractivity contribution in [2.24, 2.45) is 7.05 Å². The summed E-state index contributed by atoms with van der Waals surface area (Å²) in [6.07, 6.45) is 0. The van der Waals surface area contributed by atoms with E-state index < -0.39 is 10.0 Å². The minimum atomic E-state index is -3.60. The van der Waals surface area contributed by atoms with E-state index in [1.165, 1.54) is 20.2 Å². The number of benzene rings is 2. The van der Waals surface area contributed by atoms with Gasteiger partial charge in [-0.2, -0.15) is 0 Å². The molecule has 30 heavy (non-hydrogen) atoms. The standard InChI is InChI=1S/C19H23N7O3S/c1-13-8-9-16(11-17(13)30(28,29)25(2)3)21-18(27)12-20-15-7-5-6-14(10-15)19-22-23-24-26(19)4/h5-11,20H,12H2,1-4H3,(H,21,27). The summed E-state index contributed by atoms with van der Waals surface area (Å²) in [6.45, 7) is 1.72. The maximum Gasteiger partial charge on any atom is 0.243 e. The number of amides is 1. The molecule has 2 aromatic carbocycles. The van der Waals surface area contributed by atoms with Crippen LogP contribution in [0.2, 0.25) is 0 Å². The minimum absolute atomic E-state index is 0.00413. The minimum Gasteiger partial charge on any atom is -0.376 e. The number of carbonyl (C=O) groups is 1. The molecule has 0 radical (unpaired) electrons. The van der Waals surface area contributed by atoms with E-state index in [1.807, 2.05) is 24.3 Å². The third kappa shape index (κ3) is 4.63. The lowest BCUT2D eigenvalue weighted by atomic mass is 10.2. The second-order valence-electron chi connectivity index (χ2n) is 6.88. The molecule has 1 amide bonds. The SMILES string of the molecule is Cc1ccc(NC(=O)CNc2cccc(-c3nnnn3C)c2)cc1S(=O)(=O)N(C)C. The Bertz CT molecular complexity index is 1170. The summed E-state index contributed by atoms with van der Waals surface area (Å²) in [5, 5.41) is 17.2. The van der Waals surface area contributed by atoms with Crippen molar-refractivity contribution in [2.75, 3.05) is 31.3 Å². The molecule has 0 aliphatic rings. The zero-order valence-electron chi connectivity index (χ0n) is 17.1. The number of rotatable bonds is 7. The topological polar surface area (TPSA) is 122 Å². The Morgan fingerprint density at radius 1 is 1.13 bits per heavy atom. The highest BCUT2D eigenvalue weighted by Crippen LogP contribution is 2.23. The molecule has 158 valence electrons. The van der Waals surface area contributed by atoms with Gasteiger partial charge in [0.25, 0.3) is 0 Å². The summed E-state index contributed by atoms with van der Waals surface area (Å²) in [5.41, 5.74) is 2.55. The second kappa shape index (κ2) is 8.59. The molecule has 1 heterocycles. The molecule has 0 aliphatic heterocycles. The van der Waals surface area contributed by atoms with Crippen molar-refractivity contribution in [1.29, 1.82) is 0 Å². The van der Waals surface area contributed by atoms with Crippen LogP contribution in [-0.4, -0.2) is 59.5 Å². The van der Waals surface area contributed by atoms with Gasteiger partial charge < -0.3 is 10.6 Å². The van der Waals surface area contributed by atoms with Gasteiger partial charge in [-0.25, -0.2) is 17.4 Å². The van der Waals surface area contributed by atoms with Crippen molar-refractivity contribution >= 4 is 27.3 Å². The van der Waals surface area contributed by atoms with Crippen LogP contribution >= 0.6 is 0 Å². The lowest BCUT2D eigenvalue weighted by Gasteiger charge is -2.15. The molecule has 0 bridgehead atoms. The molecule has 1 aromatic heterocycles. The Balaban J connectivity index is 1.68. The number of tetrazole rings is 1. The summed E-state index contributed by atoms with van der Waals surface area (Å²) in [7, 11) is 1.08. The fourth-order valence-electron chi connectivity index (χ4n) is 2.78. The van der Waals surface area contributed by atoms with Crippen LogP contribution in [0.3, 0.4) is 0 Å². The van der Waals surface area contributed by atoms with E-state index in [-0.39, 0.29) is 17.3 Å². The molecule has 3 rings (SSSR count). The number of anilines is 2. The van der Waals surface area contributed by atoms with Crippen molar-refractivity contribution in [3.63, 3.8) is 0 Å². The molecular weight excluding hydrogens is 406 g/mol. The van der Waals surface area contributed by atoms with Gasteiger partial charge in [0.1, 0.15) is 0 Å². The fraction of sp³-hybridized carbons (Fsp3) is 0.263. The summed E-state index contributed by atoms with van der Waals surface area (Å²) in [5.74, 6) is 0.301. The van der Waals surface area contributed by atoms with E-state index in [2.05, 4.69) is 26.2 Å². The molecule has 0 atom stereocenters. The molecule has 2 N–H and O–H groups in total. The number of nitrogens with zero attached hydrogens (tertiary/aromatic N) is 5.